The molecule has 0 amide bonds. The van der Waals surface area contributed by atoms with Crippen LogP contribution in [0.15, 0.2) is 6.20 Å². The second-order valence-electron chi connectivity index (χ2n) is 3.98. The number of nitrogens with zero attached hydrogens (tertiary/aromatic N) is 1. The third-order valence-electron chi connectivity index (χ3n) is 2.99. The zero-order valence-electron chi connectivity index (χ0n) is 8.05. The molecular formula is C11H17N2. The van der Waals surface area contributed by atoms with Gasteiger partial charge < -0.3 is 4.98 Å². The molecule has 1 N–H and O–H groups in total. The third-order valence-corrected chi connectivity index (χ3v) is 2.99. The molecule has 71 valence electrons. The molecule has 0 aliphatic heterocycles. The van der Waals surface area contributed by atoms with Gasteiger partial charge >= 0.3 is 0 Å². The first-order chi connectivity index (χ1) is 6.47. The van der Waals surface area contributed by atoms with E-state index in [0.29, 0.717) is 5.92 Å². The smallest absolute Gasteiger partial charge is 0.173 e. The van der Waals surface area contributed by atoms with E-state index in [1.807, 2.05) is 6.20 Å². The van der Waals surface area contributed by atoms with Crippen LogP contribution in [0.4, 0.5) is 0 Å². The van der Waals surface area contributed by atoms with E-state index < -0.39 is 0 Å². The summed E-state index contributed by atoms with van der Waals surface area (Å²) in [5.41, 5.74) is 1.22. The highest BCUT2D eigenvalue weighted by atomic mass is 14.9. The first-order valence-electron chi connectivity index (χ1n) is 5.38. The highest BCUT2D eigenvalue weighted by Crippen LogP contribution is 2.29. The fourth-order valence-corrected chi connectivity index (χ4v) is 2.20. The van der Waals surface area contributed by atoms with Gasteiger partial charge in [-0.25, -0.2) is 4.98 Å². The molecule has 2 nitrogen and oxygen atoms in total. The number of hydrogen-bond donors (Lipinski definition) is 1. The van der Waals surface area contributed by atoms with Crippen molar-refractivity contribution >= 4 is 0 Å². The van der Waals surface area contributed by atoms with Gasteiger partial charge in [-0.05, 0) is 12.8 Å². The van der Waals surface area contributed by atoms with Crippen LogP contribution >= 0.6 is 0 Å². The van der Waals surface area contributed by atoms with E-state index in [4.69, 9.17) is 0 Å². The normalized spacial score (nSPS) is 20.9. The van der Waals surface area contributed by atoms with Crippen molar-refractivity contribution in [3.8, 4) is 0 Å². The van der Waals surface area contributed by atoms with Gasteiger partial charge in [0.05, 0.1) is 5.69 Å². The fraction of sp³-hybridized carbons (Fsp3) is 0.727. The summed E-state index contributed by atoms with van der Waals surface area (Å²) in [7, 11) is 0. The summed E-state index contributed by atoms with van der Waals surface area (Å²) in [6, 6.07) is 0. The molecule has 1 heterocycles. The van der Waals surface area contributed by atoms with Crippen molar-refractivity contribution < 1.29 is 0 Å². The number of hydrogen-bond acceptors (Lipinski definition) is 1. The summed E-state index contributed by atoms with van der Waals surface area (Å²) >= 11 is 0. The van der Waals surface area contributed by atoms with Crippen molar-refractivity contribution in [2.45, 2.75) is 50.9 Å². The molecule has 0 saturated heterocycles. The van der Waals surface area contributed by atoms with Gasteiger partial charge in [0, 0.05) is 12.1 Å². The number of aromatic amines is 1. The van der Waals surface area contributed by atoms with Crippen LogP contribution in [0.1, 0.15) is 56.6 Å². The summed E-state index contributed by atoms with van der Waals surface area (Å²) in [5, 5.41) is 0. The Labute approximate surface area is 79.8 Å². The lowest BCUT2D eigenvalue weighted by Crippen LogP contribution is -2.02. The highest BCUT2D eigenvalue weighted by Gasteiger charge is 2.14. The van der Waals surface area contributed by atoms with Gasteiger partial charge in [-0.3, -0.25) is 0 Å². The maximum atomic E-state index is 4.23. The Morgan fingerprint density at radius 2 is 1.85 bits per heavy atom. The van der Waals surface area contributed by atoms with Crippen molar-refractivity contribution in [3.05, 3.63) is 18.2 Å². The van der Waals surface area contributed by atoms with Gasteiger partial charge in [0.15, 0.2) is 6.33 Å². The van der Waals surface area contributed by atoms with E-state index in [1.165, 1.54) is 50.6 Å². The second-order valence-corrected chi connectivity index (χ2v) is 3.98. The Morgan fingerprint density at radius 1 is 1.15 bits per heavy atom. The molecule has 1 aromatic rings. The van der Waals surface area contributed by atoms with Gasteiger partial charge in [0.2, 0.25) is 0 Å². The average Bonchev–Trinajstić information content (AvgIpc) is 2.55. The van der Waals surface area contributed by atoms with Crippen molar-refractivity contribution in [3.63, 3.8) is 0 Å². The lowest BCUT2D eigenvalue weighted by Gasteiger charge is -2.17. The first kappa shape index (κ1) is 8.79. The van der Waals surface area contributed by atoms with E-state index in [1.54, 1.807) is 0 Å². The molecule has 2 rings (SSSR count). The quantitative estimate of drug-likeness (QED) is 0.701. The van der Waals surface area contributed by atoms with E-state index in [0.717, 1.165) is 0 Å². The molecule has 1 aliphatic rings. The van der Waals surface area contributed by atoms with Gasteiger partial charge in [0.1, 0.15) is 0 Å². The molecule has 0 unspecified atom stereocenters. The zero-order chi connectivity index (χ0) is 8.93. The lowest BCUT2D eigenvalue weighted by molar-refractivity contribution is 0.450. The summed E-state index contributed by atoms with van der Waals surface area (Å²) in [5.74, 6) is 0.697. The maximum Gasteiger partial charge on any atom is 0.173 e. The molecule has 1 aromatic heterocycles. The Balaban J connectivity index is 1.96. The molecule has 0 aromatic carbocycles. The SMILES string of the molecule is [c]1nc(C2CCCCCCC2)c[nH]1. The number of H-pyrrole nitrogens is 1. The van der Waals surface area contributed by atoms with Crippen LogP contribution in [-0.4, -0.2) is 9.97 Å². The number of nitrogens with one attached hydrogen (secondary N) is 1. The maximum absolute atomic E-state index is 4.23. The standard InChI is InChI=1S/C11H17N2/c1-2-4-6-10(7-5-3-1)11-8-12-9-13-11/h8,10H,1-7H2,(H,12,13). The predicted octanol–water partition coefficient (Wildman–Crippen LogP) is 3.04. The van der Waals surface area contributed by atoms with Crippen molar-refractivity contribution in [1.29, 1.82) is 0 Å². The van der Waals surface area contributed by atoms with Gasteiger partial charge in [-0.1, -0.05) is 32.1 Å². The topological polar surface area (TPSA) is 28.7 Å². The van der Waals surface area contributed by atoms with Crippen LogP contribution in [0.25, 0.3) is 0 Å². The molecule has 0 spiro atoms. The van der Waals surface area contributed by atoms with Crippen LogP contribution < -0.4 is 0 Å². The van der Waals surface area contributed by atoms with Crippen LogP contribution in [-0.2, 0) is 0 Å². The zero-order valence-corrected chi connectivity index (χ0v) is 8.05. The van der Waals surface area contributed by atoms with Crippen molar-refractivity contribution in [2.24, 2.45) is 0 Å². The van der Waals surface area contributed by atoms with Gasteiger partial charge in [0.25, 0.3) is 0 Å². The molecule has 1 aliphatic carbocycles. The van der Waals surface area contributed by atoms with Crippen LogP contribution in [0.2, 0.25) is 0 Å². The van der Waals surface area contributed by atoms with Crippen LogP contribution in [0, 0.1) is 6.33 Å². The molecule has 1 radical (unpaired) electrons. The average molecular weight is 177 g/mol. The van der Waals surface area contributed by atoms with Crippen LogP contribution in [0.5, 0.6) is 0 Å². The number of aromatic nitrogens is 2. The number of rotatable bonds is 1. The van der Waals surface area contributed by atoms with Crippen LogP contribution in [0.3, 0.4) is 0 Å². The molecule has 13 heavy (non-hydrogen) atoms. The Morgan fingerprint density at radius 3 is 2.46 bits per heavy atom. The summed E-state index contributed by atoms with van der Waals surface area (Å²) in [6.45, 7) is 0. The fourth-order valence-electron chi connectivity index (χ4n) is 2.20. The molecular weight excluding hydrogens is 160 g/mol. The monoisotopic (exact) mass is 177 g/mol. The molecule has 1 saturated carbocycles. The minimum absolute atomic E-state index is 0.697. The molecule has 2 heteroatoms. The Kier molecular flexibility index (Phi) is 3.01. The van der Waals surface area contributed by atoms with Gasteiger partial charge in [-0.2, -0.15) is 0 Å². The first-order valence-corrected chi connectivity index (χ1v) is 5.38. The van der Waals surface area contributed by atoms with Crippen molar-refractivity contribution in [1.82, 2.24) is 9.97 Å². The van der Waals surface area contributed by atoms with Crippen molar-refractivity contribution in [2.75, 3.05) is 0 Å². The van der Waals surface area contributed by atoms with E-state index in [9.17, 15) is 0 Å². The minimum atomic E-state index is 0.697. The Bertz CT molecular complexity index is 220. The lowest BCUT2D eigenvalue weighted by atomic mass is 9.89. The molecule has 0 bridgehead atoms. The van der Waals surface area contributed by atoms with E-state index in [-0.39, 0.29) is 0 Å². The van der Waals surface area contributed by atoms with E-state index >= 15 is 0 Å². The summed E-state index contributed by atoms with van der Waals surface area (Å²) in [4.78, 5) is 7.16. The molecule has 0 atom stereocenters. The summed E-state index contributed by atoms with van der Waals surface area (Å²) < 4.78 is 0. The second kappa shape index (κ2) is 4.45. The summed E-state index contributed by atoms with van der Waals surface area (Å²) in [6.07, 6.45) is 14.4. The highest BCUT2D eigenvalue weighted by molar-refractivity contribution is 5.02. The predicted molar refractivity (Wildman–Crippen MR) is 52.5 cm³/mol. The van der Waals surface area contributed by atoms with E-state index in [2.05, 4.69) is 16.3 Å². The minimum Gasteiger partial charge on any atom is -0.342 e. The third kappa shape index (κ3) is 2.33. The largest absolute Gasteiger partial charge is 0.342 e. The molecule has 1 fully saturated rings. The number of imidazole rings is 1. The Hall–Kier alpha value is -0.790. The van der Waals surface area contributed by atoms with Gasteiger partial charge in [-0.15, -0.1) is 0 Å².